The topological polar surface area (TPSA) is 88.5 Å². The van der Waals surface area contributed by atoms with Gasteiger partial charge >= 0.3 is 0 Å². The largest absolute Gasteiger partial charge is 0.384 e. The SMILES string of the molecule is NN/N=C(\N)C1(NCCCS)CCc2ccccc21. The Bertz CT molecular complexity index is 462. The fourth-order valence-corrected chi connectivity index (χ4v) is 2.86. The van der Waals surface area contributed by atoms with Crippen LogP contribution in [-0.4, -0.2) is 18.1 Å². The van der Waals surface area contributed by atoms with Gasteiger partial charge in [0.15, 0.2) is 0 Å². The van der Waals surface area contributed by atoms with Crippen LogP contribution in [0.25, 0.3) is 0 Å². The number of thiol groups is 1. The number of amidine groups is 1. The minimum absolute atomic E-state index is 0.411. The zero-order valence-electron chi connectivity index (χ0n) is 10.9. The number of hydrogen-bond acceptors (Lipinski definition) is 5. The van der Waals surface area contributed by atoms with Crippen molar-refractivity contribution in [2.45, 2.75) is 24.8 Å². The van der Waals surface area contributed by atoms with Crippen molar-refractivity contribution in [2.24, 2.45) is 16.7 Å². The Balaban J connectivity index is 2.34. The van der Waals surface area contributed by atoms with E-state index in [1.165, 1.54) is 11.1 Å². The van der Waals surface area contributed by atoms with Crippen LogP contribution in [-0.2, 0) is 12.0 Å². The molecule has 1 aromatic rings. The molecule has 0 saturated carbocycles. The summed E-state index contributed by atoms with van der Waals surface area (Å²) in [6.45, 7) is 0.846. The third-order valence-electron chi connectivity index (χ3n) is 3.63. The summed E-state index contributed by atoms with van der Waals surface area (Å²) in [5.74, 6) is 6.60. The van der Waals surface area contributed by atoms with Gasteiger partial charge in [0, 0.05) is 0 Å². The lowest BCUT2D eigenvalue weighted by atomic mass is 9.90. The highest BCUT2D eigenvalue weighted by atomic mass is 32.1. The number of nitrogens with one attached hydrogen (secondary N) is 2. The average Bonchev–Trinajstić information content (AvgIpc) is 2.80. The number of nitrogens with zero attached hydrogens (tertiary/aromatic N) is 1. The fourth-order valence-electron chi connectivity index (χ4n) is 2.70. The minimum atomic E-state index is -0.411. The summed E-state index contributed by atoms with van der Waals surface area (Å²) in [6, 6.07) is 8.33. The summed E-state index contributed by atoms with van der Waals surface area (Å²) in [6.07, 6.45) is 2.87. The first-order valence-electron chi connectivity index (χ1n) is 6.48. The molecule has 0 fully saturated rings. The van der Waals surface area contributed by atoms with Crippen LogP contribution in [0.15, 0.2) is 29.4 Å². The van der Waals surface area contributed by atoms with Crippen molar-refractivity contribution in [1.82, 2.24) is 10.9 Å². The van der Waals surface area contributed by atoms with Crippen molar-refractivity contribution in [3.8, 4) is 0 Å². The van der Waals surface area contributed by atoms with Crippen molar-refractivity contribution < 1.29 is 0 Å². The molecule has 1 aliphatic rings. The van der Waals surface area contributed by atoms with Gasteiger partial charge in [-0.2, -0.15) is 12.6 Å². The lowest BCUT2D eigenvalue weighted by Gasteiger charge is -2.31. The third-order valence-corrected chi connectivity index (χ3v) is 3.95. The molecule has 0 heterocycles. The molecule has 0 aromatic heterocycles. The van der Waals surface area contributed by atoms with Crippen LogP contribution in [0.5, 0.6) is 0 Å². The summed E-state index contributed by atoms with van der Waals surface area (Å²) >= 11 is 4.24. The van der Waals surface area contributed by atoms with Crippen LogP contribution in [0, 0.1) is 0 Å². The van der Waals surface area contributed by atoms with Gasteiger partial charge in [0.05, 0.1) is 0 Å². The Hall–Kier alpha value is -1.24. The van der Waals surface area contributed by atoms with Crippen LogP contribution in [0.3, 0.4) is 0 Å². The molecule has 6 heteroatoms. The highest BCUT2D eigenvalue weighted by Crippen LogP contribution is 2.37. The maximum absolute atomic E-state index is 6.15. The first kappa shape index (κ1) is 14.2. The molecule has 1 aromatic carbocycles. The van der Waals surface area contributed by atoms with Crippen molar-refractivity contribution in [1.29, 1.82) is 0 Å². The standard InChI is InChI=1S/C13H21N5S/c14-12(17-18-15)13(16-8-3-9-19)7-6-10-4-1-2-5-11(10)13/h1-2,4-5,16,18-19H,3,6-9,15H2,(H2,14,17). The molecule has 104 valence electrons. The molecule has 19 heavy (non-hydrogen) atoms. The van der Waals surface area contributed by atoms with E-state index >= 15 is 0 Å². The van der Waals surface area contributed by atoms with Gasteiger partial charge in [-0.1, -0.05) is 24.3 Å². The van der Waals surface area contributed by atoms with Gasteiger partial charge in [-0.3, -0.25) is 0 Å². The molecule has 0 radical (unpaired) electrons. The minimum Gasteiger partial charge on any atom is -0.384 e. The van der Waals surface area contributed by atoms with E-state index in [1.54, 1.807) is 0 Å². The van der Waals surface area contributed by atoms with E-state index in [0.29, 0.717) is 5.84 Å². The molecule has 0 saturated heterocycles. The van der Waals surface area contributed by atoms with E-state index in [9.17, 15) is 0 Å². The summed E-state index contributed by atoms with van der Waals surface area (Å²) < 4.78 is 0. The third kappa shape index (κ3) is 2.70. The smallest absolute Gasteiger partial charge is 0.146 e. The maximum atomic E-state index is 6.15. The van der Waals surface area contributed by atoms with Crippen LogP contribution in [0.1, 0.15) is 24.0 Å². The maximum Gasteiger partial charge on any atom is 0.146 e. The van der Waals surface area contributed by atoms with Crippen molar-refractivity contribution >= 4 is 18.5 Å². The van der Waals surface area contributed by atoms with Crippen LogP contribution >= 0.6 is 12.6 Å². The number of hydrazone groups is 1. The second-order valence-electron chi connectivity index (χ2n) is 4.69. The summed E-state index contributed by atoms with van der Waals surface area (Å²) in [4.78, 5) is 0. The second-order valence-corrected chi connectivity index (χ2v) is 5.14. The lowest BCUT2D eigenvalue weighted by molar-refractivity contribution is 0.438. The Labute approximate surface area is 119 Å². The molecule has 2 rings (SSSR count). The van der Waals surface area contributed by atoms with E-state index in [-0.39, 0.29) is 0 Å². The predicted octanol–water partition coefficient (Wildman–Crippen LogP) is 0.473. The molecule has 5 nitrogen and oxygen atoms in total. The molecular weight excluding hydrogens is 258 g/mol. The Morgan fingerprint density at radius 3 is 2.95 bits per heavy atom. The molecule has 0 aliphatic heterocycles. The second kappa shape index (κ2) is 6.27. The van der Waals surface area contributed by atoms with Crippen LogP contribution in [0.4, 0.5) is 0 Å². The van der Waals surface area contributed by atoms with Gasteiger partial charge in [-0.05, 0) is 42.7 Å². The van der Waals surface area contributed by atoms with Gasteiger partial charge in [0.25, 0.3) is 0 Å². The van der Waals surface area contributed by atoms with Gasteiger partial charge in [-0.15, -0.1) is 5.10 Å². The number of rotatable bonds is 6. The Kier molecular flexibility index (Phi) is 4.68. The van der Waals surface area contributed by atoms with Crippen molar-refractivity contribution in [2.75, 3.05) is 12.3 Å². The molecule has 1 atom stereocenters. The molecular formula is C13H21N5S. The number of hydrazine groups is 1. The highest BCUT2D eigenvalue weighted by molar-refractivity contribution is 7.80. The molecule has 1 unspecified atom stereocenters. The zero-order valence-corrected chi connectivity index (χ0v) is 11.8. The number of benzene rings is 1. The number of fused-ring (bicyclic) bond motifs is 1. The molecule has 0 spiro atoms. The summed E-state index contributed by atoms with van der Waals surface area (Å²) in [5.41, 5.74) is 10.6. The lowest BCUT2D eigenvalue weighted by Crippen LogP contribution is -2.52. The van der Waals surface area contributed by atoms with Gasteiger partial charge < -0.3 is 11.1 Å². The number of hydrogen-bond donors (Lipinski definition) is 5. The first-order valence-corrected chi connectivity index (χ1v) is 7.11. The van der Waals surface area contributed by atoms with E-state index < -0.39 is 5.54 Å². The number of aryl methyl sites for hydroxylation is 1. The van der Waals surface area contributed by atoms with Crippen molar-refractivity contribution in [3.05, 3.63) is 35.4 Å². The van der Waals surface area contributed by atoms with Gasteiger partial charge in [0.2, 0.25) is 0 Å². The van der Waals surface area contributed by atoms with Gasteiger partial charge in [0.1, 0.15) is 11.4 Å². The Morgan fingerprint density at radius 2 is 2.21 bits per heavy atom. The predicted molar refractivity (Wildman–Crippen MR) is 81.9 cm³/mol. The van der Waals surface area contributed by atoms with E-state index in [4.69, 9.17) is 11.6 Å². The van der Waals surface area contributed by atoms with E-state index in [2.05, 4.69) is 46.8 Å². The van der Waals surface area contributed by atoms with E-state index in [0.717, 1.165) is 31.6 Å². The molecule has 6 N–H and O–H groups in total. The summed E-state index contributed by atoms with van der Waals surface area (Å²) in [5, 5.41) is 7.53. The van der Waals surface area contributed by atoms with Crippen LogP contribution < -0.4 is 22.4 Å². The van der Waals surface area contributed by atoms with Crippen molar-refractivity contribution in [3.63, 3.8) is 0 Å². The summed E-state index contributed by atoms with van der Waals surface area (Å²) in [7, 11) is 0. The highest BCUT2D eigenvalue weighted by Gasteiger charge is 2.41. The fraction of sp³-hybridized carbons (Fsp3) is 0.462. The number of nitrogens with two attached hydrogens (primary N) is 2. The zero-order chi connectivity index (χ0) is 13.7. The Morgan fingerprint density at radius 1 is 1.42 bits per heavy atom. The van der Waals surface area contributed by atoms with Crippen LogP contribution in [0.2, 0.25) is 0 Å². The van der Waals surface area contributed by atoms with E-state index in [1.807, 2.05) is 6.07 Å². The average molecular weight is 279 g/mol. The quantitative estimate of drug-likeness (QED) is 0.131. The normalized spacial score (nSPS) is 22.3. The monoisotopic (exact) mass is 279 g/mol. The first-order chi connectivity index (χ1) is 9.24. The molecule has 0 amide bonds. The molecule has 1 aliphatic carbocycles. The van der Waals surface area contributed by atoms with Gasteiger partial charge in [-0.25, -0.2) is 11.4 Å². The molecule has 0 bridgehead atoms.